The fourth-order valence-electron chi connectivity index (χ4n) is 4.73. The van der Waals surface area contributed by atoms with Crippen molar-refractivity contribution < 1.29 is 4.79 Å². The number of aromatic nitrogens is 4. The molecule has 216 valence electrons. The van der Waals surface area contributed by atoms with E-state index in [1.807, 2.05) is 78.0 Å². The van der Waals surface area contributed by atoms with E-state index in [0.717, 1.165) is 11.4 Å². The maximum absolute atomic E-state index is 13.7. The maximum Gasteiger partial charge on any atom is 0.280 e. The van der Waals surface area contributed by atoms with E-state index in [0.29, 0.717) is 59.8 Å². The van der Waals surface area contributed by atoms with Crippen LogP contribution in [0.3, 0.4) is 0 Å². The van der Waals surface area contributed by atoms with Crippen LogP contribution in [0.25, 0.3) is 16.6 Å². The minimum absolute atomic E-state index is 0.0756. The third-order valence-electron chi connectivity index (χ3n) is 6.91. The van der Waals surface area contributed by atoms with E-state index in [4.69, 9.17) is 22.3 Å². The Morgan fingerprint density at radius 2 is 1.86 bits per heavy atom. The number of para-hydroxylation sites is 1. The molecule has 11 heteroatoms. The van der Waals surface area contributed by atoms with Gasteiger partial charge in [-0.1, -0.05) is 29.8 Å². The summed E-state index contributed by atoms with van der Waals surface area (Å²) in [7, 11) is 0. The third-order valence-corrected chi connectivity index (χ3v) is 8.16. The summed E-state index contributed by atoms with van der Waals surface area (Å²) in [5.74, 6) is 0.481. The molecule has 0 saturated heterocycles. The summed E-state index contributed by atoms with van der Waals surface area (Å²) in [4.78, 5) is 34.0. The summed E-state index contributed by atoms with van der Waals surface area (Å²) in [5.41, 5.74) is 11.6. The number of fused-ring (bicyclic) bond motifs is 1. The average molecular weight is 602 g/mol. The third kappa shape index (κ3) is 6.67. The fraction of sp³-hybridized carbons (Fsp3) is 0.226. The summed E-state index contributed by atoms with van der Waals surface area (Å²) in [6.45, 7) is 1.45. The molecular weight excluding hydrogens is 570 g/mol. The fourth-order valence-corrected chi connectivity index (χ4v) is 5.60. The first-order valence-corrected chi connectivity index (χ1v) is 15.3. The lowest BCUT2D eigenvalue weighted by molar-refractivity contribution is 0.0752. The molecule has 0 aliphatic carbocycles. The number of nitrogens with two attached hydrogens (primary N) is 1. The topological polar surface area (TPSA) is 111 Å². The number of amides is 1. The molecule has 0 radical (unpaired) electrons. The van der Waals surface area contributed by atoms with Crippen molar-refractivity contribution in [2.75, 3.05) is 31.3 Å². The van der Waals surface area contributed by atoms with E-state index >= 15 is 0 Å². The molecule has 5 aromatic rings. The van der Waals surface area contributed by atoms with E-state index in [9.17, 15) is 9.59 Å². The highest BCUT2D eigenvalue weighted by atomic mass is 35.5. The second-order valence-corrected chi connectivity index (χ2v) is 11.2. The summed E-state index contributed by atoms with van der Waals surface area (Å²) in [6, 6.07) is 23.8. The Kier molecular flexibility index (Phi) is 9.58. The van der Waals surface area contributed by atoms with Crippen LogP contribution >= 0.6 is 23.4 Å². The van der Waals surface area contributed by atoms with E-state index in [1.54, 1.807) is 40.8 Å². The number of nitrogens with one attached hydrogen (secondary N) is 1. The first kappa shape index (κ1) is 29.4. The quantitative estimate of drug-likeness (QED) is 0.197. The summed E-state index contributed by atoms with van der Waals surface area (Å²) in [5, 5.41) is 5.02. The van der Waals surface area contributed by atoms with Crippen molar-refractivity contribution in [3.8, 4) is 5.69 Å². The predicted molar refractivity (Wildman–Crippen MR) is 170 cm³/mol. The molecule has 1 atom stereocenters. The number of benzene rings is 3. The van der Waals surface area contributed by atoms with E-state index in [1.165, 1.54) is 4.68 Å². The highest BCUT2D eigenvalue weighted by molar-refractivity contribution is 7.98. The number of hydrogen-bond donors (Lipinski definition) is 2. The van der Waals surface area contributed by atoms with Gasteiger partial charge in [0.15, 0.2) is 0 Å². The van der Waals surface area contributed by atoms with Gasteiger partial charge in [0, 0.05) is 36.1 Å². The number of carbonyl (C=O) groups is 1. The van der Waals surface area contributed by atoms with Gasteiger partial charge in [0.25, 0.3) is 11.5 Å². The van der Waals surface area contributed by atoms with Crippen LogP contribution in [-0.4, -0.2) is 56.1 Å². The highest BCUT2D eigenvalue weighted by Gasteiger charge is 2.23. The van der Waals surface area contributed by atoms with Gasteiger partial charge < -0.3 is 10.6 Å². The van der Waals surface area contributed by atoms with E-state index < -0.39 is 0 Å². The van der Waals surface area contributed by atoms with Crippen molar-refractivity contribution in [1.29, 1.82) is 0 Å². The van der Waals surface area contributed by atoms with Crippen LogP contribution in [0, 0.1) is 0 Å². The molecule has 0 saturated carbocycles. The molecule has 1 unspecified atom stereocenters. The Hall–Kier alpha value is -4.12. The number of nitrogens with zero attached hydrogens (tertiary/aromatic N) is 5. The van der Waals surface area contributed by atoms with Gasteiger partial charge in [-0.05, 0) is 86.3 Å². The first-order chi connectivity index (χ1) is 20.5. The summed E-state index contributed by atoms with van der Waals surface area (Å²) in [6.07, 6.45) is 6.79. The lowest BCUT2D eigenvalue weighted by Crippen LogP contribution is -2.36. The Morgan fingerprint density at radius 3 is 2.55 bits per heavy atom. The van der Waals surface area contributed by atoms with Gasteiger partial charge in [0.05, 0.1) is 27.5 Å². The van der Waals surface area contributed by atoms with Gasteiger partial charge >= 0.3 is 0 Å². The second kappa shape index (κ2) is 13.7. The van der Waals surface area contributed by atoms with Crippen molar-refractivity contribution in [2.24, 2.45) is 5.73 Å². The Bertz CT molecular complexity index is 1690. The minimum atomic E-state index is -0.220. The van der Waals surface area contributed by atoms with Gasteiger partial charge in [0.1, 0.15) is 5.82 Å². The van der Waals surface area contributed by atoms with Crippen molar-refractivity contribution in [3.05, 3.63) is 118 Å². The molecule has 5 rings (SSSR count). The number of carbonyl (C=O) groups excluding carboxylic acids is 1. The molecule has 2 aromatic heterocycles. The number of thioether (sulfide) groups is 1. The monoisotopic (exact) mass is 601 g/mol. The molecule has 9 nitrogen and oxygen atoms in total. The molecule has 0 bridgehead atoms. The van der Waals surface area contributed by atoms with Crippen molar-refractivity contribution >= 4 is 45.9 Å². The van der Waals surface area contributed by atoms with Crippen molar-refractivity contribution in [1.82, 2.24) is 24.3 Å². The van der Waals surface area contributed by atoms with Crippen LogP contribution in [0.2, 0.25) is 5.02 Å². The molecule has 3 aromatic carbocycles. The van der Waals surface area contributed by atoms with Crippen LogP contribution in [-0.2, 0) is 0 Å². The normalized spacial score (nSPS) is 11.9. The standard InChI is InChI=1S/C31H32ClN7O2S/c1-42-28(15-20-37(18-5-16-33)30(40)22-9-12-25(13-10-22)38-19-6-17-34-38)29-35-27-21-23(32)11-14-26(27)31(41)39(29)36-24-7-3-2-4-8-24/h2-4,6-14,17,19,21,28,36H,5,15-16,18,20,33H2,1H3. The van der Waals surface area contributed by atoms with Crippen molar-refractivity contribution in [2.45, 2.75) is 18.1 Å². The molecule has 0 spiro atoms. The average Bonchev–Trinajstić information content (AvgIpc) is 3.56. The Morgan fingerprint density at radius 1 is 1.07 bits per heavy atom. The van der Waals surface area contributed by atoms with Crippen LogP contribution in [0.4, 0.5) is 5.69 Å². The largest absolute Gasteiger partial charge is 0.339 e. The molecule has 1 amide bonds. The van der Waals surface area contributed by atoms with Crippen molar-refractivity contribution in [3.63, 3.8) is 0 Å². The van der Waals surface area contributed by atoms with Gasteiger partial charge in [-0.25, -0.2) is 14.3 Å². The lowest BCUT2D eigenvalue weighted by atomic mass is 10.1. The van der Waals surface area contributed by atoms with Gasteiger partial charge in [-0.2, -0.15) is 16.9 Å². The number of halogens is 1. The van der Waals surface area contributed by atoms with E-state index in [2.05, 4.69) is 10.5 Å². The zero-order valence-corrected chi connectivity index (χ0v) is 24.8. The number of hydrogen-bond acceptors (Lipinski definition) is 7. The molecular formula is C31H32ClN7O2S. The molecule has 0 fully saturated rings. The van der Waals surface area contributed by atoms with Crippen LogP contribution in [0.1, 0.15) is 34.3 Å². The van der Waals surface area contributed by atoms with Crippen LogP contribution in [0.15, 0.2) is 96.1 Å². The SMILES string of the molecule is CSC(CCN(CCCN)C(=O)c1ccc(-n2cccn2)cc1)c1nc2cc(Cl)ccc2c(=O)n1Nc1ccccc1. The number of anilines is 1. The molecule has 3 N–H and O–H groups in total. The molecule has 0 aliphatic heterocycles. The Balaban J connectivity index is 1.43. The first-order valence-electron chi connectivity index (χ1n) is 13.6. The summed E-state index contributed by atoms with van der Waals surface area (Å²) >= 11 is 7.84. The van der Waals surface area contributed by atoms with Crippen LogP contribution in [0.5, 0.6) is 0 Å². The van der Waals surface area contributed by atoms with Crippen LogP contribution < -0.4 is 16.7 Å². The van der Waals surface area contributed by atoms with E-state index in [-0.39, 0.29) is 16.7 Å². The smallest absolute Gasteiger partial charge is 0.280 e. The Labute approximate surface area is 253 Å². The van der Waals surface area contributed by atoms with Gasteiger partial charge in [-0.15, -0.1) is 0 Å². The predicted octanol–water partition coefficient (Wildman–Crippen LogP) is 5.40. The van der Waals surface area contributed by atoms with Gasteiger partial charge in [0.2, 0.25) is 0 Å². The molecule has 42 heavy (non-hydrogen) atoms. The maximum atomic E-state index is 13.7. The zero-order valence-electron chi connectivity index (χ0n) is 23.2. The minimum Gasteiger partial charge on any atom is -0.339 e. The van der Waals surface area contributed by atoms with Gasteiger partial charge in [-0.3, -0.25) is 15.0 Å². The number of rotatable bonds is 12. The molecule has 0 aliphatic rings. The highest BCUT2D eigenvalue weighted by Crippen LogP contribution is 2.30. The summed E-state index contributed by atoms with van der Waals surface area (Å²) < 4.78 is 3.25. The lowest BCUT2D eigenvalue weighted by Gasteiger charge is -2.26. The zero-order chi connectivity index (χ0) is 29.5. The second-order valence-electron chi connectivity index (χ2n) is 9.69. The molecule has 2 heterocycles.